The highest BCUT2D eigenvalue weighted by atomic mass is 35.6. The van der Waals surface area contributed by atoms with E-state index in [-0.39, 0.29) is 0 Å². The Kier molecular flexibility index (Phi) is 4.86. The molecule has 0 bridgehead atoms. The summed E-state index contributed by atoms with van der Waals surface area (Å²) in [4.78, 5) is 0. The molecule has 4 heteroatoms. The normalized spacial score (nSPS) is 11.4. The zero-order chi connectivity index (χ0) is 10.4. The minimum Gasteiger partial charge on any atom is -0.493 e. The summed E-state index contributed by atoms with van der Waals surface area (Å²) in [5.41, 5.74) is 0. The van der Waals surface area contributed by atoms with Crippen molar-refractivity contribution in [2.45, 2.75) is 16.6 Å². The van der Waals surface area contributed by atoms with Crippen molar-refractivity contribution in [2.75, 3.05) is 6.61 Å². The molecule has 0 atom stereocenters. The first-order valence-electron chi connectivity index (χ1n) is 4.24. The van der Waals surface area contributed by atoms with Crippen molar-refractivity contribution in [3.63, 3.8) is 0 Å². The van der Waals surface area contributed by atoms with Crippen LogP contribution in [-0.2, 0) is 0 Å². The van der Waals surface area contributed by atoms with E-state index >= 15 is 0 Å². The van der Waals surface area contributed by atoms with Crippen molar-refractivity contribution < 1.29 is 4.74 Å². The summed E-state index contributed by atoms with van der Waals surface area (Å²) in [6.07, 6.45) is 1.20. The summed E-state index contributed by atoms with van der Waals surface area (Å²) in [7, 11) is 0. The Balaban J connectivity index is 2.17. The SMILES string of the molecule is ClC(Cl)(Cl)CCCOc1[c]cccc1. The van der Waals surface area contributed by atoms with Crippen molar-refractivity contribution in [3.8, 4) is 5.75 Å². The maximum absolute atomic E-state index is 5.58. The van der Waals surface area contributed by atoms with Crippen LogP contribution in [0.2, 0.25) is 0 Å². The van der Waals surface area contributed by atoms with Gasteiger partial charge in [-0.25, -0.2) is 0 Å². The number of para-hydroxylation sites is 1. The minimum absolute atomic E-state index is 0.491. The molecule has 14 heavy (non-hydrogen) atoms. The van der Waals surface area contributed by atoms with E-state index in [1.807, 2.05) is 18.2 Å². The summed E-state index contributed by atoms with van der Waals surface area (Å²) < 4.78 is 4.19. The topological polar surface area (TPSA) is 9.23 Å². The minimum atomic E-state index is -1.18. The van der Waals surface area contributed by atoms with E-state index in [0.717, 1.165) is 5.75 Å². The second-order valence-corrected chi connectivity index (χ2v) is 5.31. The third-order valence-corrected chi connectivity index (χ3v) is 2.11. The van der Waals surface area contributed by atoms with Gasteiger partial charge in [-0.1, -0.05) is 53.0 Å². The number of hydrogen-bond donors (Lipinski definition) is 0. The maximum atomic E-state index is 5.58. The van der Waals surface area contributed by atoms with Crippen molar-refractivity contribution >= 4 is 34.8 Å². The molecule has 0 aromatic heterocycles. The smallest absolute Gasteiger partial charge is 0.190 e. The Bertz CT molecular complexity index is 256. The lowest BCUT2D eigenvalue weighted by molar-refractivity contribution is 0.307. The van der Waals surface area contributed by atoms with Crippen molar-refractivity contribution in [1.29, 1.82) is 0 Å². The third-order valence-electron chi connectivity index (χ3n) is 1.54. The molecule has 1 aromatic rings. The molecular formula is C10H10Cl3O. The van der Waals surface area contributed by atoms with Gasteiger partial charge in [-0.05, 0) is 18.9 Å². The van der Waals surface area contributed by atoms with Gasteiger partial charge in [-0.3, -0.25) is 0 Å². The number of hydrogen-bond acceptors (Lipinski definition) is 1. The van der Waals surface area contributed by atoms with E-state index in [1.165, 1.54) is 0 Å². The molecule has 0 spiro atoms. The van der Waals surface area contributed by atoms with Gasteiger partial charge in [0, 0.05) is 6.07 Å². The van der Waals surface area contributed by atoms with E-state index < -0.39 is 3.79 Å². The van der Waals surface area contributed by atoms with Gasteiger partial charge in [0.1, 0.15) is 5.75 Å². The Hall–Kier alpha value is -0.110. The molecule has 0 amide bonds. The van der Waals surface area contributed by atoms with Crippen molar-refractivity contribution in [2.24, 2.45) is 0 Å². The summed E-state index contributed by atoms with van der Waals surface area (Å²) in [6, 6.07) is 10.4. The Morgan fingerprint density at radius 2 is 2.07 bits per heavy atom. The van der Waals surface area contributed by atoms with Crippen LogP contribution < -0.4 is 4.74 Å². The number of ether oxygens (including phenoxy) is 1. The molecule has 0 N–H and O–H groups in total. The standard InChI is InChI=1S/C10H10Cl3O/c11-10(12,13)7-4-8-14-9-5-2-1-3-6-9/h1-3,5H,4,7-8H2. The summed E-state index contributed by atoms with van der Waals surface area (Å²) in [6.45, 7) is 0.536. The van der Waals surface area contributed by atoms with Crippen LogP contribution in [0.1, 0.15) is 12.8 Å². The van der Waals surface area contributed by atoms with Gasteiger partial charge < -0.3 is 4.74 Å². The predicted molar refractivity (Wildman–Crippen MR) is 60.3 cm³/mol. The van der Waals surface area contributed by atoms with Gasteiger partial charge in [0.2, 0.25) is 0 Å². The van der Waals surface area contributed by atoms with Gasteiger partial charge in [0.05, 0.1) is 6.61 Å². The molecule has 77 valence electrons. The van der Waals surface area contributed by atoms with Gasteiger partial charge in [-0.2, -0.15) is 0 Å². The molecular weight excluding hydrogens is 242 g/mol. The van der Waals surface area contributed by atoms with Gasteiger partial charge in [-0.15, -0.1) is 0 Å². The lowest BCUT2D eigenvalue weighted by Gasteiger charge is -2.10. The first kappa shape index (κ1) is 12.0. The van der Waals surface area contributed by atoms with E-state index in [0.29, 0.717) is 19.4 Å². The molecule has 1 rings (SSSR count). The highest BCUT2D eigenvalue weighted by Crippen LogP contribution is 2.31. The molecule has 0 unspecified atom stereocenters. The Morgan fingerprint density at radius 3 is 2.64 bits per heavy atom. The van der Waals surface area contributed by atoms with Crippen LogP contribution in [0.4, 0.5) is 0 Å². The average Bonchev–Trinajstić information content (AvgIpc) is 2.13. The summed E-state index contributed by atoms with van der Waals surface area (Å²) in [5.74, 6) is 0.719. The lowest BCUT2D eigenvalue weighted by atomic mass is 10.3. The zero-order valence-corrected chi connectivity index (χ0v) is 9.74. The van der Waals surface area contributed by atoms with E-state index in [9.17, 15) is 0 Å². The van der Waals surface area contributed by atoms with Crippen LogP contribution in [0.5, 0.6) is 5.75 Å². The second-order valence-electron chi connectivity index (χ2n) is 2.79. The van der Waals surface area contributed by atoms with Crippen molar-refractivity contribution in [3.05, 3.63) is 30.3 Å². The number of halogens is 3. The zero-order valence-electron chi connectivity index (χ0n) is 7.47. The molecule has 0 heterocycles. The number of alkyl halides is 3. The number of rotatable bonds is 4. The van der Waals surface area contributed by atoms with Crippen LogP contribution in [-0.4, -0.2) is 10.4 Å². The van der Waals surface area contributed by atoms with Crippen LogP contribution in [0.15, 0.2) is 24.3 Å². The average molecular weight is 253 g/mol. The highest BCUT2D eigenvalue weighted by Gasteiger charge is 2.18. The molecule has 0 aliphatic heterocycles. The predicted octanol–water partition coefficient (Wildman–Crippen LogP) is 4.02. The second kappa shape index (κ2) is 5.69. The molecule has 0 saturated heterocycles. The lowest BCUT2D eigenvalue weighted by Crippen LogP contribution is -2.05. The van der Waals surface area contributed by atoms with Crippen LogP contribution >= 0.6 is 34.8 Å². The van der Waals surface area contributed by atoms with Crippen LogP contribution in [0.25, 0.3) is 0 Å². The Labute approximate surface area is 98.9 Å². The van der Waals surface area contributed by atoms with Gasteiger partial charge in [0.25, 0.3) is 0 Å². The van der Waals surface area contributed by atoms with Crippen molar-refractivity contribution in [1.82, 2.24) is 0 Å². The largest absolute Gasteiger partial charge is 0.493 e. The molecule has 1 nitrogen and oxygen atoms in total. The molecule has 1 radical (unpaired) electrons. The third kappa shape index (κ3) is 5.58. The molecule has 0 aliphatic rings. The summed E-state index contributed by atoms with van der Waals surface area (Å²) >= 11 is 16.7. The maximum Gasteiger partial charge on any atom is 0.190 e. The quantitative estimate of drug-likeness (QED) is 0.581. The fraction of sp³-hybridized carbons (Fsp3) is 0.400. The van der Waals surface area contributed by atoms with E-state index in [1.54, 1.807) is 6.07 Å². The summed E-state index contributed by atoms with van der Waals surface area (Å²) in [5, 5.41) is 0. The van der Waals surface area contributed by atoms with Crippen LogP contribution in [0.3, 0.4) is 0 Å². The fourth-order valence-electron chi connectivity index (χ4n) is 0.921. The molecule has 0 aliphatic carbocycles. The van der Waals surface area contributed by atoms with Gasteiger partial charge in [0.15, 0.2) is 3.79 Å². The molecule has 0 saturated carbocycles. The molecule has 0 fully saturated rings. The van der Waals surface area contributed by atoms with E-state index in [2.05, 4.69) is 6.07 Å². The monoisotopic (exact) mass is 251 g/mol. The highest BCUT2D eigenvalue weighted by molar-refractivity contribution is 6.67. The first-order chi connectivity index (χ1) is 6.58. The van der Waals surface area contributed by atoms with E-state index in [4.69, 9.17) is 39.5 Å². The Morgan fingerprint density at radius 1 is 1.29 bits per heavy atom. The molecule has 1 aromatic carbocycles. The van der Waals surface area contributed by atoms with Crippen LogP contribution in [0, 0.1) is 6.07 Å². The van der Waals surface area contributed by atoms with Gasteiger partial charge >= 0.3 is 0 Å². The first-order valence-corrected chi connectivity index (χ1v) is 5.37. The number of benzene rings is 1. The fourth-order valence-corrected chi connectivity index (χ4v) is 1.32.